The second-order valence-electron chi connectivity index (χ2n) is 36.8. The maximum Gasteiger partial charge on any atom is 0.264 e. The second kappa shape index (κ2) is 35.6. The van der Waals surface area contributed by atoms with Crippen molar-refractivity contribution in [1.29, 1.82) is 0 Å². The molecule has 4 aromatic carbocycles. The number of piperazine rings is 2. The molecule has 8 heterocycles. The number of carbonyl (C=O) groups excluding carboxylic acids is 2. The number of rotatable bonds is 13. The van der Waals surface area contributed by atoms with Crippen LogP contribution < -0.4 is 28.7 Å². The summed E-state index contributed by atoms with van der Waals surface area (Å²) in [5.74, 6) is 0.413. The third-order valence-corrected chi connectivity index (χ3v) is 34.1. The first-order valence-electron chi connectivity index (χ1n) is 43.2. The van der Waals surface area contributed by atoms with Crippen molar-refractivity contribution < 1.29 is 58.0 Å². The highest BCUT2D eigenvalue weighted by Crippen LogP contribution is 2.53. The van der Waals surface area contributed by atoms with Gasteiger partial charge >= 0.3 is 0 Å². The van der Waals surface area contributed by atoms with Crippen LogP contribution >= 0.6 is 23.2 Å². The molecular formula is C89H125Cl2N9O13S3. The van der Waals surface area contributed by atoms with Gasteiger partial charge in [0.25, 0.3) is 21.9 Å². The molecular weight excluding hydrogens is 1570 g/mol. The Hall–Kier alpha value is -5.39. The van der Waals surface area contributed by atoms with Crippen LogP contribution in [0.2, 0.25) is 10.0 Å². The lowest BCUT2D eigenvalue weighted by Gasteiger charge is -2.53. The van der Waals surface area contributed by atoms with E-state index in [0.29, 0.717) is 74.9 Å². The summed E-state index contributed by atoms with van der Waals surface area (Å²) in [5, 5.41) is -0.391. The number of amides is 2. The van der Waals surface area contributed by atoms with Gasteiger partial charge < -0.3 is 33.6 Å². The number of aryl methyl sites for hydroxylation is 2. The molecule has 0 aromatic heterocycles. The Kier molecular flexibility index (Phi) is 26.3. The molecule has 4 saturated heterocycles. The van der Waals surface area contributed by atoms with Gasteiger partial charge in [-0.25, -0.2) is 26.3 Å². The van der Waals surface area contributed by atoms with Crippen LogP contribution in [0.4, 0.5) is 11.4 Å². The van der Waals surface area contributed by atoms with Crippen molar-refractivity contribution in [3.8, 4) is 11.5 Å². The van der Waals surface area contributed by atoms with Crippen molar-refractivity contribution in [2.24, 2.45) is 35.5 Å². The third-order valence-electron chi connectivity index (χ3n) is 29.1. The molecule has 116 heavy (non-hydrogen) atoms. The van der Waals surface area contributed by atoms with Crippen LogP contribution in [0.5, 0.6) is 11.5 Å². The van der Waals surface area contributed by atoms with E-state index < -0.39 is 69.6 Å². The largest absolute Gasteiger partial charge is 0.490 e. The Morgan fingerprint density at radius 1 is 0.560 bits per heavy atom. The SMILES string of the molecule is CO[C@]1(CN2CCN3CCCC[C@@H]3C2)/C=C/C[C@H](C)[C@@H](CCN(C)C)S(=O)(=O)NC(=O)c2ccc3c(c2)N(C[C@@H]2CC[C@H]21)C[C@@]1(CCCc2cc(Cl)ccc21)CO3.CO[C@]1(CN2CCN3CCCC[C@@H]3C2)/C=C/C[C@H](C)[C@@H](CCOS(C)(=O)=O)S(=O)(=O)NC(=O)c2ccc3c(c2)N(C[C@@H]2CC[C@H]21)C[C@@]1(CCCc2cc(Cl)ccc21)CO3. The fourth-order valence-electron chi connectivity index (χ4n) is 22.5. The fraction of sp³-hybridized carbons (Fsp3) is 0.663. The lowest BCUT2D eigenvalue weighted by Crippen LogP contribution is -2.61. The molecule has 0 unspecified atom stereocenters. The molecule has 2 N–H and O–H groups in total. The summed E-state index contributed by atoms with van der Waals surface area (Å²) in [5.41, 5.74) is 5.47. The van der Waals surface area contributed by atoms with Crippen molar-refractivity contribution in [3.05, 3.63) is 141 Å². The molecule has 2 amide bonds. The van der Waals surface area contributed by atoms with Crippen LogP contribution in [0.15, 0.2) is 97.1 Å². The van der Waals surface area contributed by atoms with E-state index >= 15 is 0 Å². The van der Waals surface area contributed by atoms with Crippen molar-refractivity contribution >= 4 is 76.6 Å². The van der Waals surface area contributed by atoms with Gasteiger partial charge in [0.1, 0.15) is 22.7 Å². The number of ether oxygens (including phenoxy) is 4. The Labute approximate surface area is 700 Å². The lowest BCUT2D eigenvalue weighted by atomic mass is 9.63. The number of allylic oxidation sites excluding steroid dienone is 2. The maximum absolute atomic E-state index is 14.2. The molecule has 0 radical (unpaired) electrons. The first-order valence-corrected chi connectivity index (χ1v) is 48.8. The van der Waals surface area contributed by atoms with Gasteiger partial charge in [0.05, 0.1) is 48.0 Å². The predicted molar refractivity (Wildman–Crippen MR) is 458 cm³/mol. The summed E-state index contributed by atoms with van der Waals surface area (Å²) in [7, 11) is -4.52. The van der Waals surface area contributed by atoms with Gasteiger partial charge in [-0.2, -0.15) is 8.42 Å². The second-order valence-corrected chi connectivity index (χ2v) is 43.1. The van der Waals surface area contributed by atoms with Crippen molar-refractivity contribution in [1.82, 2.24) is 33.9 Å². The van der Waals surface area contributed by atoms with E-state index in [4.69, 9.17) is 46.3 Å². The third kappa shape index (κ3) is 18.5. The first kappa shape index (κ1) is 85.6. The number of sulfonamides is 2. The van der Waals surface area contributed by atoms with Crippen molar-refractivity contribution in [3.63, 3.8) is 0 Å². The van der Waals surface area contributed by atoms with Gasteiger partial charge in [-0.15, -0.1) is 0 Å². The van der Waals surface area contributed by atoms with Gasteiger partial charge in [-0.3, -0.25) is 33.4 Å². The minimum Gasteiger partial charge on any atom is -0.490 e. The zero-order valence-electron chi connectivity index (χ0n) is 69.3. The summed E-state index contributed by atoms with van der Waals surface area (Å²) in [4.78, 5) is 45.4. The van der Waals surface area contributed by atoms with Gasteiger partial charge in [0, 0.05) is 137 Å². The zero-order chi connectivity index (χ0) is 81.5. The summed E-state index contributed by atoms with van der Waals surface area (Å²) >= 11 is 13.1. The van der Waals surface area contributed by atoms with Gasteiger partial charge in [-0.05, 0) is 268 Å². The van der Waals surface area contributed by atoms with Crippen LogP contribution in [0.25, 0.3) is 0 Å². The molecule has 22 nitrogen and oxygen atoms in total. The number of fused-ring (bicyclic) bond motifs is 10. The highest BCUT2D eigenvalue weighted by Gasteiger charge is 2.54. The van der Waals surface area contributed by atoms with E-state index in [1.807, 2.05) is 71.3 Å². The number of methoxy groups -OCH3 is 2. The Morgan fingerprint density at radius 3 is 1.44 bits per heavy atom. The smallest absolute Gasteiger partial charge is 0.264 e. The number of hydrogen-bond acceptors (Lipinski definition) is 20. The topological polar surface area (TPSA) is 229 Å². The number of benzene rings is 4. The van der Waals surface area contributed by atoms with E-state index in [1.165, 1.54) is 67.3 Å². The zero-order valence-corrected chi connectivity index (χ0v) is 73.3. The molecule has 4 aromatic rings. The van der Waals surface area contributed by atoms with Gasteiger partial charge in [0.2, 0.25) is 20.0 Å². The molecule has 16 rings (SSSR count). The average Bonchev–Trinajstić information content (AvgIpc) is 1.40. The fourth-order valence-corrected chi connectivity index (χ4v) is 26.6. The normalized spacial score (nSPS) is 33.6. The molecule has 2 spiro atoms. The van der Waals surface area contributed by atoms with E-state index in [2.05, 4.69) is 87.4 Å². The quantitative estimate of drug-likeness (QED) is 0.0936. The van der Waals surface area contributed by atoms with Crippen LogP contribution in [0, 0.1) is 35.5 Å². The standard InChI is InChI=1S/C45H64ClN5O5S.C44H61ClN4O8S2/c1-32-9-7-20-45(55-4,30-49-23-24-50-21-6-5-11-37(50)28-49)39-15-12-35(39)27-51-29-44(19-8-10-33-25-36(46)14-16-38(33)44)31-56-41-17-13-34(26-40(41)51)43(52)47-57(53,54)42(32)18-22-48(2)3;1-31-8-6-19-44(55-2,29-47-21-22-48-20-5-4-10-36(48)27-47)38-14-11-34(38)26-49-28-43(18-7-9-32-24-35(45)13-15-37(32)43)30-56-40-16-12-33(25-39(40)49)42(50)46-59(53,54)41(31)17-23-57-58(3,51)52/h7,13-14,16-17,20,25-26,32,35,37,39,42H,5-6,8-12,15,18-19,21-24,27-31H2,1-4H3,(H,47,52);6,12-13,15-16,19,24-25,31,34,36,38,41H,4-5,7-11,14,17-18,20-23,26-30H2,1-3H3,(H,46,50)/b20-7+;19-6+/t32-,35-,37+,39+,42+,44-,45-;31-,34-,36+,38+,41+,43-,44-/m00/s1. The molecule has 4 bridgehead atoms. The van der Waals surface area contributed by atoms with E-state index in [0.717, 1.165) is 176 Å². The molecule has 2 saturated carbocycles. The Morgan fingerprint density at radius 2 is 1.02 bits per heavy atom. The number of piperidine rings is 2. The monoisotopic (exact) mass is 1690 g/mol. The maximum atomic E-state index is 14.2. The molecule has 4 aliphatic carbocycles. The molecule has 8 aliphatic heterocycles. The summed E-state index contributed by atoms with van der Waals surface area (Å²) in [6, 6.07) is 24.3. The molecule has 14 atom stereocenters. The van der Waals surface area contributed by atoms with Crippen molar-refractivity contribution in [2.75, 3.05) is 162 Å². The minimum absolute atomic E-state index is 0.114. The molecule has 27 heteroatoms. The number of halogens is 2. The Balaban J connectivity index is 0.000000182. The van der Waals surface area contributed by atoms with E-state index in [1.54, 1.807) is 24.3 Å². The van der Waals surface area contributed by atoms with Gasteiger partial charge in [0.15, 0.2) is 0 Å². The lowest BCUT2D eigenvalue weighted by molar-refractivity contribution is -0.100. The minimum atomic E-state index is -4.30. The van der Waals surface area contributed by atoms with Crippen LogP contribution in [-0.2, 0) is 67.5 Å². The molecule has 6 fully saturated rings. The highest BCUT2D eigenvalue weighted by atomic mass is 35.5. The highest BCUT2D eigenvalue weighted by molar-refractivity contribution is 7.91. The van der Waals surface area contributed by atoms with Crippen LogP contribution in [0.3, 0.4) is 0 Å². The number of nitrogens with one attached hydrogen (secondary N) is 2. The number of anilines is 2. The summed E-state index contributed by atoms with van der Waals surface area (Å²) in [6.45, 7) is 18.1. The van der Waals surface area contributed by atoms with Crippen LogP contribution in [0.1, 0.15) is 172 Å². The average molecular weight is 1700 g/mol. The van der Waals surface area contributed by atoms with E-state index in [9.17, 15) is 34.8 Å². The number of hydrogen-bond donors (Lipinski definition) is 2. The Bertz CT molecular complexity index is 4640. The summed E-state index contributed by atoms with van der Waals surface area (Å²) in [6.07, 6.45) is 28.6. The molecule has 636 valence electrons. The van der Waals surface area contributed by atoms with Crippen molar-refractivity contribution in [2.45, 2.75) is 187 Å². The molecule has 12 aliphatic rings. The van der Waals surface area contributed by atoms with Gasteiger partial charge in [-0.1, -0.05) is 86.3 Å². The van der Waals surface area contributed by atoms with E-state index in [-0.39, 0.29) is 53.1 Å². The predicted octanol–water partition coefficient (Wildman–Crippen LogP) is 12.2. The van der Waals surface area contributed by atoms with Crippen LogP contribution in [-0.4, -0.2) is 248 Å². The number of carbonyl (C=O) groups is 2. The number of nitrogens with zero attached hydrogens (tertiary/aromatic N) is 7. The first-order chi connectivity index (χ1) is 55.6. The summed E-state index contributed by atoms with van der Waals surface area (Å²) < 4.78 is 118.